The molecule has 1 aromatic heterocycles. The normalized spacial score (nSPS) is 10.9. The maximum atomic E-state index is 13.3. The van der Waals surface area contributed by atoms with E-state index in [4.69, 9.17) is 0 Å². The van der Waals surface area contributed by atoms with Crippen LogP contribution in [0.25, 0.3) is 5.69 Å². The zero-order valence-electron chi connectivity index (χ0n) is 15.9. The number of thioether (sulfide) groups is 1. The van der Waals surface area contributed by atoms with Crippen LogP contribution in [0.3, 0.4) is 0 Å². The number of para-hydroxylation sites is 1. The average Bonchev–Trinajstić information content (AvgIpc) is 2.97. The number of nitrogens with zero attached hydrogens (tertiary/aromatic N) is 3. The van der Waals surface area contributed by atoms with Crippen molar-refractivity contribution in [3.63, 3.8) is 0 Å². The fourth-order valence-corrected chi connectivity index (χ4v) is 3.73. The number of hydrogen-bond acceptors (Lipinski definition) is 3. The minimum absolute atomic E-state index is 0.0963. The van der Waals surface area contributed by atoms with E-state index >= 15 is 0 Å². The van der Waals surface area contributed by atoms with Gasteiger partial charge in [0, 0.05) is 29.7 Å². The van der Waals surface area contributed by atoms with E-state index in [1.165, 1.54) is 17.8 Å². The summed E-state index contributed by atoms with van der Waals surface area (Å²) in [6, 6.07) is 13.5. The number of rotatable bonds is 6. The summed E-state index contributed by atoms with van der Waals surface area (Å²) >= 11 is 1.18. The summed E-state index contributed by atoms with van der Waals surface area (Å²) in [7, 11) is 1.73. The Labute approximate surface area is 167 Å². The molecule has 3 aromatic rings. The van der Waals surface area contributed by atoms with E-state index < -0.39 is 11.6 Å². The van der Waals surface area contributed by atoms with Gasteiger partial charge in [0.2, 0.25) is 5.91 Å². The first-order valence-corrected chi connectivity index (χ1v) is 9.77. The zero-order chi connectivity index (χ0) is 20.3. The van der Waals surface area contributed by atoms with Crippen LogP contribution in [0.15, 0.2) is 53.4 Å². The Hall–Kier alpha value is -2.67. The summed E-state index contributed by atoms with van der Waals surface area (Å²) in [5.74, 6) is -1.76. The Morgan fingerprint density at radius 2 is 1.82 bits per heavy atom. The Bertz CT molecular complexity index is 989. The van der Waals surface area contributed by atoms with Crippen LogP contribution in [0.2, 0.25) is 0 Å². The molecular formula is C21H21F2N3OS. The second-order valence-corrected chi connectivity index (χ2v) is 7.56. The molecule has 0 aliphatic heterocycles. The summed E-state index contributed by atoms with van der Waals surface area (Å²) in [5.41, 5.74) is 3.82. The molecule has 0 radical (unpaired) electrons. The lowest BCUT2D eigenvalue weighted by Gasteiger charge is -2.17. The molecule has 7 heteroatoms. The van der Waals surface area contributed by atoms with E-state index in [-0.39, 0.29) is 11.7 Å². The smallest absolute Gasteiger partial charge is 0.232 e. The molecule has 0 bridgehead atoms. The van der Waals surface area contributed by atoms with Crippen LogP contribution in [-0.2, 0) is 11.3 Å². The summed E-state index contributed by atoms with van der Waals surface area (Å²) < 4.78 is 28.2. The lowest BCUT2D eigenvalue weighted by molar-refractivity contribution is -0.127. The van der Waals surface area contributed by atoms with Crippen LogP contribution in [0, 0.1) is 25.5 Å². The SMILES string of the molecule is Cc1nn(-c2ccccc2)c(C)c1CN(C)C(=O)CSc1ccc(F)c(F)c1. The van der Waals surface area contributed by atoms with Gasteiger partial charge in [-0.1, -0.05) is 18.2 Å². The summed E-state index contributed by atoms with van der Waals surface area (Å²) in [6.45, 7) is 4.34. The monoisotopic (exact) mass is 401 g/mol. The van der Waals surface area contributed by atoms with Crippen molar-refractivity contribution in [1.82, 2.24) is 14.7 Å². The van der Waals surface area contributed by atoms with E-state index in [0.29, 0.717) is 11.4 Å². The molecule has 0 spiro atoms. The molecule has 3 rings (SSSR count). The molecule has 0 saturated heterocycles. The van der Waals surface area contributed by atoms with Gasteiger partial charge in [-0.3, -0.25) is 4.79 Å². The number of benzene rings is 2. The van der Waals surface area contributed by atoms with Crippen LogP contribution >= 0.6 is 11.8 Å². The fourth-order valence-electron chi connectivity index (χ4n) is 2.87. The molecule has 1 heterocycles. The largest absolute Gasteiger partial charge is 0.341 e. The minimum atomic E-state index is -0.912. The van der Waals surface area contributed by atoms with Gasteiger partial charge in [0.05, 0.1) is 17.1 Å². The highest BCUT2D eigenvalue weighted by Crippen LogP contribution is 2.22. The van der Waals surface area contributed by atoms with E-state index in [2.05, 4.69) is 5.10 Å². The number of hydrogen-bond donors (Lipinski definition) is 0. The van der Waals surface area contributed by atoms with Crippen molar-refractivity contribution in [3.05, 3.63) is 77.1 Å². The third-order valence-corrected chi connectivity index (χ3v) is 5.49. The zero-order valence-corrected chi connectivity index (χ0v) is 16.8. The summed E-state index contributed by atoms with van der Waals surface area (Å²) in [6.07, 6.45) is 0. The number of carbonyl (C=O) groups excluding carboxylic acids is 1. The molecule has 0 aliphatic rings. The van der Waals surface area contributed by atoms with Crippen LogP contribution < -0.4 is 0 Å². The topological polar surface area (TPSA) is 38.1 Å². The highest BCUT2D eigenvalue weighted by atomic mass is 32.2. The molecule has 28 heavy (non-hydrogen) atoms. The molecule has 0 atom stereocenters. The lowest BCUT2D eigenvalue weighted by Crippen LogP contribution is -2.28. The quantitative estimate of drug-likeness (QED) is 0.570. The predicted molar refractivity (Wildman–Crippen MR) is 107 cm³/mol. The maximum Gasteiger partial charge on any atom is 0.232 e. The van der Waals surface area contributed by atoms with Gasteiger partial charge in [-0.15, -0.1) is 11.8 Å². The predicted octanol–water partition coefficient (Wildman–Crippen LogP) is 4.52. The first-order chi connectivity index (χ1) is 13.4. The molecule has 0 unspecified atom stereocenters. The molecule has 0 fully saturated rings. The fraction of sp³-hybridized carbons (Fsp3) is 0.238. The standard InChI is InChI=1S/C21H21F2N3OS/c1-14-18(15(2)26(24-14)16-7-5-4-6-8-16)12-25(3)21(27)13-28-17-9-10-19(22)20(23)11-17/h4-11H,12-13H2,1-3H3. The molecule has 0 N–H and O–H groups in total. The first kappa shape index (κ1) is 20.1. The molecule has 146 valence electrons. The molecule has 1 amide bonds. The van der Waals surface area contributed by atoms with Crippen molar-refractivity contribution in [2.24, 2.45) is 0 Å². The van der Waals surface area contributed by atoms with Crippen molar-refractivity contribution >= 4 is 17.7 Å². The van der Waals surface area contributed by atoms with Crippen molar-refractivity contribution in [2.45, 2.75) is 25.3 Å². The highest BCUT2D eigenvalue weighted by Gasteiger charge is 2.17. The molecular weight excluding hydrogens is 380 g/mol. The van der Waals surface area contributed by atoms with Gasteiger partial charge in [0.15, 0.2) is 11.6 Å². The maximum absolute atomic E-state index is 13.3. The van der Waals surface area contributed by atoms with Gasteiger partial charge in [-0.05, 0) is 44.2 Å². The number of amides is 1. The van der Waals surface area contributed by atoms with Gasteiger partial charge in [0.1, 0.15) is 0 Å². The Kier molecular flexibility index (Phi) is 6.14. The van der Waals surface area contributed by atoms with Gasteiger partial charge in [-0.2, -0.15) is 5.10 Å². The van der Waals surface area contributed by atoms with Crippen LogP contribution in [-0.4, -0.2) is 33.4 Å². The highest BCUT2D eigenvalue weighted by molar-refractivity contribution is 8.00. The van der Waals surface area contributed by atoms with E-state index in [0.717, 1.165) is 34.8 Å². The summed E-state index contributed by atoms with van der Waals surface area (Å²) in [5, 5.41) is 4.60. The minimum Gasteiger partial charge on any atom is -0.341 e. The molecule has 0 aliphatic carbocycles. The molecule has 2 aromatic carbocycles. The van der Waals surface area contributed by atoms with Crippen molar-refractivity contribution in [2.75, 3.05) is 12.8 Å². The van der Waals surface area contributed by atoms with E-state index in [9.17, 15) is 13.6 Å². The number of halogens is 2. The van der Waals surface area contributed by atoms with Crippen LogP contribution in [0.4, 0.5) is 8.78 Å². The van der Waals surface area contributed by atoms with Gasteiger partial charge in [0.25, 0.3) is 0 Å². The third kappa shape index (κ3) is 4.42. The number of aryl methyl sites for hydroxylation is 1. The van der Waals surface area contributed by atoms with Gasteiger partial charge >= 0.3 is 0 Å². The summed E-state index contributed by atoms with van der Waals surface area (Å²) in [4.78, 5) is 14.6. The Morgan fingerprint density at radius 1 is 1.11 bits per heavy atom. The molecule has 0 saturated carbocycles. The van der Waals surface area contributed by atoms with Gasteiger partial charge < -0.3 is 4.90 Å². The Balaban J connectivity index is 1.67. The van der Waals surface area contributed by atoms with Crippen molar-refractivity contribution in [1.29, 1.82) is 0 Å². The Morgan fingerprint density at radius 3 is 2.50 bits per heavy atom. The molecule has 4 nitrogen and oxygen atoms in total. The number of carbonyl (C=O) groups is 1. The second-order valence-electron chi connectivity index (χ2n) is 6.51. The average molecular weight is 401 g/mol. The van der Waals surface area contributed by atoms with Crippen LogP contribution in [0.1, 0.15) is 17.0 Å². The van der Waals surface area contributed by atoms with Crippen molar-refractivity contribution < 1.29 is 13.6 Å². The van der Waals surface area contributed by atoms with Crippen molar-refractivity contribution in [3.8, 4) is 5.69 Å². The van der Waals surface area contributed by atoms with Crippen LogP contribution in [0.5, 0.6) is 0 Å². The van der Waals surface area contributed by atoms with E-state index in [1.807, 2.05) is 48.9 Å². The van der Waals surface area contributed by atoms with Gasteiger partial charge in [-0.25, -0.2) is 13.5 Å². The third-order valence-electron chi connectivity index (χ3n) is 4.52. The second kappa shape index (κ2) is 8.56. The lowest BCUT2D eigenvalue weighted by atomic mass is 10.2. The first-order valence-electron chi connectivity index (χ1n) is 8.79. The number of aromatic nitrogens is 2. The van der Waals surface area contributed by atoms with E-state index in [1.54, 1.807) is 11.9 Å².